The number of primary sulfonamides is 1. The highest BCUT2D eigenvalue weighted by Gasteiger charge is 2.25. The Balaban J connectivity index is 1.40. The summed E-state index contributed by atoms with van der Waals surface area (Å²) in [6.07, 6.45) is 3.95. The standard InChI is InChI=1S/C26H27FN6O5S2/c1-39(35,36)32-11-9-20(10-12-32)30-26-29-15-19-6-8-24(34)33(25(19)31-26)16-17-5-7-22(23(27)13-17)18-3-2-4-21(14-18)40(28,37)38/h2-8,13-15,20H,9-12,16H2,1H3,(H2,28,37,38)(H,29,30,31). The van der Waals surface area contributed by atoms with Crippen LogP contribution in [0.2, 0.25) is 0 Å². The number of nitrogens with one attached hydrogen (secondary N) is 1. The summed E-state index contributed by atoms with van der Waals surface area (Å²) in [6, 6.07) is 13.1. The van der Waals surface area contributed by atoms with E-state index < -0.39 is 25.9 Å². The fourth-order valence-electron chi connectivity index (χ4n) is 4.72. The van der Waals surface area contributed by atoms with Gasteiger partial charge in [0.1, 0.15) is 11.5 Å². The van der Waals surface area contributed by atoms with Crippen molar-refractivity contribution in [1.29, 1.82) is 0 Å². The number of hydrogen-bond donors (Lipinski definition) is 2. The zero-order valence-electron chi connectivity index (χ0n) is 21.5. The minimum atomic E-state index is -3.95. The number of pyridine rings is 1. The maximum absolute atomic E-state index is 15.2. The molecule has 0 spiro atoms. The lowest BCUT2D eigenvalue weighted by Gasteiger charge is -2.30. The molecule has 0 radical (unpaired) electrons. The first kappa shape index (κ1) is 27.8. The van der Waals surface area contributed by atoms with E-state index in [4.69, 9.17) is 5.14 Å². The number of nitrogens with zero attached hydrogens (tertiary/aromatic N) is 4. The van der Waals surface area contributed by atoms with Crippen molar-refractivity contribution < 1.29 is 21.2 Å². The molecule has 40 heavy (non-hydrogen) atoms. The Labute approximate surface area is 230 Å². The van der Waals surface area contributed by atoms with Crippen LogP contribution in [0.5, 0.6) is 0 Å². The second-order valence-electron chi connectivity index (χ2n) is 9.70. The molecule has 1 aliphatic rings. The highest BCUT2D eigenvalue weighted by Crippen LogP contribution is 2.26. The third kappa shape index (κ3) is 6.04. The molecular weight excluding hydrogens is 559 g/mol. The van der Waals surface area contributed by atoms with Gasteiger partial charge in [-0.1, -0.05) is 24.3 Å². The monoisotopic (exact) mass is 586 g/mol. The van der Waals surface area contributed by atoms with E-state index in [0.29, 0.717) is 54.0 Å². The van der Waals surface area contributed by atoms with Gasteiger partial charge in [-0.15, -0.1) is 0 Å². The molecule has 11 nitrogen and oxygen atoms in total. The maximum Gasteiger partial charge on any atom is 0.252 e. The fraction of sp³-hybridized carbons (Fsp3) is 0.269. The van der Waals surface area contributed by atoms with Crippen LogP contribution in [0.15, 0.2) is 70.5 Å². The lowest BCUT2D eigenvalue weighted by atomic mass is 10.0. The lowest BCUT2D eigenvalue weighted by molar-refractivity contribution is 0.331. The summed E-state index contributed by atoms with van der Waals surface area (Å²) in [4.78, 5) is 21.6. The van der Waals surface area contributed by atoms with Crippen LogP contribution < -0.4 is 16.0 Å². The van der Waals surface area contributed by atoms with Gasteiger partial charge in [-0.05, 0) is 48.2 Å². The number of hydrogen-bond acceptors (Lipinski definition) is 8. The van der Waals surface area contributed by atoms with Gasteiger partial charge in [-0.3, -0.25) is 9.36 Å². The van der Waals surface area contributed by atoms with Gasteiger partial charge in [-0.25, -0.2) is 35.7 Å². The van der Waals surface area contributed by atoms with E-state index in [1.807, 2.05) is 0 Å². The van der Waals surface area contributed by atoms with Gasteiger partial charge in [0.15, 0.2) is 0 Å². The molecule has 4 aromatic rings. The largest absolute Gasteiger partial charge is 0.351 e. The Bertz CT molecular complexity index is 1870. The van der Waals surface area contributed by atoms with E-state index in [0.717, 1.165) is 0 Å². The van der Waals surface area contributed by atoms with Crippen molar-refractivity contribution in [3.05, 3.63) is 82.5 Å². The van der Waals surface area contributed by atoms with Gasteiger partial charge >= 0.3 is 0 Å². The van der Waals surface area contributed by atoms with Crippen LogP contribution in [0.3, 0.4) is 0 Å². The number of halogens is 1. The van der Waals surface area contributed by atoms with Gasteiger partial charge < -0.3 is 5.32 Å². The van der Waals surface area contributed by atoms with Crippen LogP contribution in [-0.4, -0.2) is 61.1 Å². The molecule has 0 amide bonds. The number of nitrogens with two attached hydrogens (primary N) is 1. The van der Waals surface area contributed by atoms with Crippen LogP contribution >= 0.6 is 0 Å². The Morgan fingerprint density at radius 1 is 1.05 bits per heavy atom. The molecule has 1 fully saturated rings. The SMILES string of the molecule is CS(=O)(=O)N1CCC(Nc2ncc3ccc(=O)n(Cc4ccc(-c5cccc(S(N)(=O)=O)c5)c(F)c4)c3n2)CC1. The quantitative estimate of drug-likeness (QED) is 0.333. The smallest absolute Gasteiger partial charge is 0.252 e. The van der Waals surface area contributed by atoms with Gasteiger partial charge in [-0.2, -0.15) is 4.98 Å². The zero-order valence-corrected chi connectivity index (χ0v) is 23.1. The average molecular weight is 587 g/mol. The molecule has 3 heterocycles. The summed E-state index contributed by atoms with van der Waals surface area (Å²) in [7, 11) is -7.19. The van der Waals surface area contributed by atoms with Crippen molar-refractivity contribution in [3.8, 4) is 11.1 Å². The Morgan fingerprint density at radius 3 is 2.48 bits per heavy atom. The molecule has 0 atom stereocenters. The normalized spacial score (nSPS) is 15.4. The topological polar surface area (TPSA) is 157 Å². The number of benzene rings is 2. The van der Waals surface area contributed by atoms with Crippen LogP contribution in [-0.2, 0) is 26.6 Å². The van der Waals surface area contributed by atoms with Gasteiger partial charge in [0, 0.05) is 42.3 Å². The molecule has 1 aliphatic heterocycles. The molecular formula is C26H27FN6O5S2. The zero-order chi connectivity index (χ0) is 28.7. The molecule has 14 heteroatoms. The van der Waals surface area contributed by atoms with Crippen LogP contribution in [0.25, 0.3) is 22.2 Å². The minimum absolute atomic E-state index is 0.0336. The summed E-state index contributed by atoms with van der Waals surface area (Å²) in [5.74, 6) is -0.282. The van der Waals surface area contributed by atoms with Crippen LogP contribution in [0.1, 0.15) is 18.4 Å². The van der Waals surface area contributed by atoms with E-state index in [9.17, 15) is 21.6 Å². The highest BCUT2D eigenvalue weighted by molar-refractivity contribution is 7.89. The summed E-state index contributed by atoms with van der Waals surface area (Å²) in [5.41, 5.74) is 1.08. The van der Waals surface area contributed by atoms with Gasteiger partial charge in [0.2, 0.25) is 26.0 Å². The minimum Gasteiger partial charge on any atom is -0.351 e. The van der Waals surface area contributed by atoms with Crippen molar-refractivity contribution in [3.63, 3.8) is 0 Å². The molecule has 2 aromatic heterocycles. The number of fused-ring (bicyclic) bond motifs is 1. The fourth-order valence-corrected chi connectivity index (χ4v) is 6.16. The first-order chi connectivity index (χ1) is 18.9. The third-order valence-electron chi connectivity index (χ3n) is 6.83. The van der Waals surface area contributed by atoms with Crippen molar-refractivity contribution >= 4 is 37.0 Å². The van der Waals surface area contributed by atoms with Crippen molar-refractivity contribution in [2.24, 2.45) is 5.14 Å². The Morgan fingerprint density at radius 2 is 1.80 bits per heavy atom. The first-order valence-corrected chi connectivity index (χ1v) is 15.8. The molecule has 0 saturated carbocycles. The number of piperidine rings is 1. The molecule has 1 saturated heterocycles. The number of rotatable bonds is 7. The molecule has 0 bridgehead atoms. The Hall–Kier alpha value is -3.72. The van der Waals surface area contributed by atoms with E-state index in [1.54, 1.807) is 24.4 Å². The lowest BCUT2D eigenvalue weighted by Crippen LogP contribution is -2.42. The number of anilines is 1. The van der Waals surface area contributed by atoms with Crippen molar-refractivity contribution in [1.82, 2.24) is 18.8 Å². The van der Waals surface area contributed by atoms with E-state index in [-0.39, 0.29) is 28.6 Å². The second kappa shape index (κ2) is 10.7. The van der Waals surface area contributed by atoms with Crippen LogP contribution in [0, 0.1) is 5.82 Å². The van der Waals surface area contributed by atoms with E-state index in [1.165, 1.54) is 51.5 Å². The van der Waals surface area contributed by atoms with E-state index in [2.05, 4.69) is 15.3 Å². The summed E-state index contributed by atoms with van der Waals surface area (Å²) in [6.45, 7) is 0.819. The first-order valence-electron chi connectivity index (χ1n) is 12.4. The Kier molecular flexibility index (Phi) is 7.44. The maximum atomic E-state index is 15.2. The molecule has 2 aromatic carbocycles. The van der Waals surface area contributed by atoms with Crippen molar-refractivity contribution in [2.45, 2.75) is 30.3 Å². The highest BCUT2D eigenvalue weighted by atomic mass is 32.2. The van der Waals surface area contributed by atoms with Crippen LogP contribution in [0.4, 0.5) is 10.3 Å². The predicted molar refractivity (Wildman–Crippen MR) is 149 cm³/mol. The average Bonchev–Trinajstić information content (AvgIpc) is 2.90. The second-order valence-corrected chi connectivity index (χ2v) is 13.2. The van der Waals surface area contributed by atoms with Gasteiger partial charge in [0.05, 0.1) is 17.7 Å². The van der Waals surface area contributed by atoms with Crippen molar-refractivity contribution in [2.75, 3.05) is 24.7 Å². The van der Waals surface area contributed by atoms with Gasteiger partial charge in [0.25, 0.3) is 5.56 Å². The van der Waals surface area contributed by atoms with E-state index >= 15 is 4.39 Å². The molecule has 5 rings (SSSR count). The summed E-state index contributed by atoms with van der Waals surface area (Å²) < 4.78 is 65.0. The predicted octanol–water partition coefficient (Wildman–Crippen LogP) is 2.13. The molecule has 3 N–H and O–H groups in total. The molecule has 0 unspecified atom stereocenters. The molecule has 210 valence electrons. The summed E-state index contributed by atoms with van der Waals surface area (Å²) in [5, 5.41) is 9.06. The molecule has 0 aliphatic carbocycles. The third-order valence-corrected chi connectivity index (χ3v) is 9.04. The number of aromatic nitrogens is 3. The number of sulfonamides is 2. The summed E-state index contributed by atoms with van der Waals surface area (Å²) >= 11 is 0.